The molecule has 132 valence electrons. The predicted molar refractivity (Wildman–Crippen MR) is 94.6 cm³/mol. The average molecular weight is 341 g/mol. The number of hydrogen-bond acceptors (Lipinski definition) is 3. The van der Waals surface area contributed by atoms with Gasteiger partial charge in [0.1, 0.15) is 5.75 Å². The van der Waals surface area contributed by atoms with Crippen LogP contribution in [0.25, 0.3) is 0 Å². The van der Waals surface area contributed by atoms with Crippen LogP contribution in [0, 0.1) is 6.92 Å². The second-order valence-corrected chi connectivity index (χ2v) is 6.29. The van der Waals surface area contributed by atoms with E-state index in [1.165, 1.54) is 0 Å². The fourth-order valence-electron chi connectivity index (χ4n) is 2.92. The first-order chi connectivity index (χ1) is 12.0. The minimum atomic E-state index is -0.0462. The molecule has 0 atom stereocenters. The van der Waals surface area contributed by atoms with E-state index in [1.807, 2.05) is 61.3 Å². The molecule has 0 radical (unpaired) electrons. The Bertz CT molecular complexity index is 761. The Kier molecular flexibility index (Phi) is 5.07. The molecule has 1 fully saturated rings. The van der Waals surface area contributed by atoms with Crippen LogP contribution in [0.15, 0.2) is 42.7 Å². The molecule has 0 N–H and O–H groups in total. The van der Waals surface area contributed by atoms with Crippen molar-refractivity contribution in [1.29, 1.82) is 0 Å². The van der Waals surface area contributed by atoms with Crippen molar-refractivity contribution < 1.29 is 14.3 Å². The molecular weight excluding hydrogens is 318 g/mol. The SMILES string of the molecule is Cc1ccccc1OCC(=O)N1CCN(C(=O)c2ccn(C)c2)CC1. The van der Waals surface area contributed by atoms with Gasteiger partial charge in [0.05, 0.1) is 5.56 Å². The van der Waals surface area contributed by atoms with Gasteiger partial charge in [0, 0.05) is 45.6 Å². The number of amides is 2. The zero-order chi connectivity index (χ0) is 17.8. The number of para-hydroxylation sites is 1. The summed E-state index contributed by atoms with van der Waals surface area (Å²) in [4.78, 5) is 28.3. The minimum absolute atomic E-state index is 0.0175. The topological polar surface area (TPSA) is 54.8 Å². The highest BCUT2D eigenvalue weighted by Gasteiger charge is 2.25. The first kappa shape index (κ1) is 17.1. The van der Waals surface area contributed by atoms with Crippen molar-refractivity contribution in [2.75, 3.05) is 32.8 Å². The number of carbonyl (C=O) groups excluding carboxylic acids is 2. The van der Waals surface area contributed by atoms with E-state index in [-0.39, 0.29) is 18.4 Å². The molecule has 1 aliphatic rings. The van der Waals surface area contributed by atoms with Gasteiger partial charge in [0.15, 0.2) is 6.61 Å². The lowest BCUT2D eigenvalue weighted by atomic mass is 10.2. The molecule has 1 aromatic carbocycles. The summed E-state index contributed by atoms with van der Waals surface area (Å²) in [5, 5.41) is 0. The summed E-state index contributed by atoms with van der Waals surface area (Å²) in [5.41, 5.74) is 1.69. The number of benzene rings is 1. The number of ether oxygens (including phenoxy) is 1. The maximum absolute atomic E-state index is 12.4. The van der Waals surface area contributed by atoms with E-state index >= 15 is 0 Å². The number of rotatable bonds is 4. The molecule has 0 saturated carbocycles. The molecule has 0 aliphatic carbocycles. The highest BCUT2D eigenvalue weighted by molar-refractivity contribution is 5.94. The molecule has 1 saturated heterocycles. The Labute approximate surface area is 147 Å². The Morgan fingerprint density at radius 1 is 1.04 bits per heavy atom. The third-order valence-corrected chi connectivity index (χ3v) is 4.44. The maximum Gasteiger partial charge on any atom is 0.260 e. The lowest BCUT2D eigenvalue weighted by Crippen LogP contribution is -2.51. The lowest BCUT2D eigenvalue weighted by Gasteiger charge is -2.34. The monoisotopic (exact) mass is 341 g/mol. The van der Waals surface area contributed by atoms with E-state index in [0.717, 1.165) is 11.3 Å². The van der Waals surface area contributed by atoms with Gasteiger partial charge in [0.2, 0.25) is 0 Å². The fraction of sp³-hybridized carbons (Fsp3) is 0.368. The van der Waals surface area contributed by atoms with Crippen LogP contribution in [-0.2, 0) is 11.8 Å². The first-order valence-corrected chi connectivity index (χ1v) is 8.42. The number of piperazine rings is 1. The molecule has 0 bridgehead atoms. The molecule has 0 spiro atoms. The van der Waals surface area contributed by atoms with Gasteiger partial charge in [-0.15, -0.1) is 0 Å². The van der Waals surface area contributed by atoms with Gasteiger partial charge in [0.25, 0.3) is 11.8 Å². The fourth-order valence-corrected chi connectivity index (χ4v) is 2.92. The van der Waals surface area contributed by atoms with Gasteiger partial charge in [-0.05, 0) is 24.6 Å². The summed E-state index contributed by atoms with van der Waals surface area (Å²) in [6.07, 6.45) is 3.67. The molecule has 1 aromatic heterocycles. The molecule has 1 aliphatic heterocycles. The smallest absolute Gasteiger partial charge is 0.260 e. The van der Waals surface area contributed by atoms with E-state index < -0.39 is 0 Å². The van der Waals surface area contributed by atoms with Crippen LogP contribution in [0.5, 0.6) is 5.75 Å². The summed E-state index contributed by atoms with van der Waals surface area (Å²) in [6.45, 7) is 4.14. The number of aryl methyl sites for hydroxylation is 2. The van der Waals surface area contributed by atoms with Crippen LogP contribution >= 0.6 is 0 Å². The normalized spacial score (nSPS) is 14.5. The zero-order valence-electron chi connectivity index (χ0n) is 14.6. The average Bonchev–Trinajstić information content (AvgIpc) is 3.07. The minimum Gasteiger partial charge on any atom is -0.484 e. The van der Waals surface area contributed by atoms with E-state index in [2.05, 4.69) is 0 Å². The van der Waals surface area contributed by atoms with Crippen LogP contribution < -0.4 is 4.74 Å². The van der Waals surface area contributed by atoms with Gasteiger partial charge in [-0.25, -0.2) is 0 Å². The third kappa shape index (κ3) is 4.02. The zero-order valence-corrected chi connectivity index (χ0v) is 14.6. The van der Waals surface area contributed by atoms with Crippen LogP contribution in [-0.4, -0.2) is 59.0 Å². The Morgan fingerprint density at radius 3 is 2.36 bits per heavy atom. The van der Waals surface area contributed by atoms with Gasteiger partial charge in [-0.1, -0.05) is 18.2 Å². The largest absolute Gasteiger partial charge is 0.484 e. The summed E-state index contributed by atoms with van der Waals surface area (Å²) >= 11 is 0. The molecule has 3 rings (SSSR count). The summed E-state index contributed by atoms with van der Waals surface area (Å²) in [5.74, 6) is 0.702. The number of hydrogen-bond donors (Lipinski definition) is 0. The van der Waals surface area contributed by atoms with Crippen molar-refractivity contribution in [3.05, 3.63) is 53.9 Å². The lowest BCUT2D eigenvalue weighted by molar-refractivity contribution is -0.134. The summed E-state index contributed by atoms with van der Waals surface area (Å²) in [6, 6.07) is 9.45. The van der Waals surface area contributed by atoms with Crippen LogP contribution in [0.3, 0.4) is 0 Å². The van der Waals surface area contributed by atoms with Crippen LogP contribution in [0.1, 0.15) is 15.9 Å². The molecule has 6 nitrogen and oxygen atoms in total. The van der Waals surface area contributed by atoms with Crippen molar-refractivity contribution in [2.45, 2.75) is 6.92 Å². The molecule has 25 heavy (non-hydrogen) atoms. The molecule has 2 heterocycles. The first-order valence-electron chi connectivity index (χ1n) is 8.42. The standard InChI is InChI=1S/C19H23N3O3/c1-15-5-3-4-6-17(15)25-14-18(23)21-9-11-22(12-10-21)19(24)16-7-8-20(2)13-16/h3-8,13H,9-12,14H2,1-2H3. The van der Waals surface area contributed by atoms with Crippen molar-refractivity contribution >= 4 is 11.8 Å². The third-order valence-electron chi connectivity index (χ3n) is 4.44. The van der Waals surface area contributed by atoms with Crippen LogP contribution in [0.2, 0.25) is 0 Å². The Balaban J connectivity index is 1.49. The molecular formula is C19H23N3O3. The van der Waals surface area contributed by atoms with E-state index in [0.29, 0.717) is 31.7 Å². The predicted octanol–water partition coefficient (Wildman–Crippen LogP) is 1.70. The highest BCUT2D eigenvalue weighted by atomic mass is 16.5. The van der Waals surface area contributed by atoms with Crippen molar-refractivity contribution in [1.82, 2.24) is 14.4 Å². The second kappa shape index (κ2) is 7.42. The van der Waals surface area contributed by atoms with E-state index in [4.69, 9.17) is 4.74 Å². The molecule has 0 unspecified atom stereocenters. The quantitative estimate of drug-likeness (QED) is 0.850. The molecule has 6 heteroatoms. The van der Waals surface area contributed by atoms with Crippen molar-refractivity contribution in [3.63, 3.8) is 0 Å². The summed E-state index contributed by atoms with van der Waals surface area (Å²) < 4.78 is 7.48. The van der Waals surface area contributed by atoms with Crippen LogP contribution in [0.4, 0.5) is 0 Å². The van der Waals surface area contributed by atoms with Crippen molar-refractivity contribution in [2.24, 2.45) is 7.05 Å². The maximum atomic E-state index is 12.4. The van der Waals surface area contributed by atoms with Crippen molar-refractivity contribution in [3.8, 4) is 5.75 Å². The Morgan fingerprint density at radius 2 is 1.72 bits per heavy atom. The Hall–Kier alpha value is -2.76. The van der Waals surface area contributed by atoms with Gasteiger partial charge in [-0.2, -0.15) is 0 Å². The van der Waals surface area contributed by atoms with Gasteiger partial charge >= 0.3 is 0 Å². The van der Waals surface area contributed by atoms with Gasteiger partial charge < -0.3 is 19.1 Å². The van der Waals surface area contributed by atoms with E-state index in [9.17, 15) is 9.59 Å². The molecule has 2 amide bonds. The second-order valence-electron chi connectivity index (χ2n) is 6.29. The number of aromatic nitrogens is 1. The molecule has 2 aromatic rings. The van der Waals surface area contributed by atoms with Gasteiger partial charge in [-0.3, -0.25) is 9.59 Å². The van der Waals surface area contributed by atoms with E-state index in [1.54, 1.807) is 9.80 Å². The number of nitrogens with zero attached hydrogens (tertiary/aromatic N) is 3. The number of carbonyl (C=O) groups is 2. The highest BCUT2D eigenvalue weighted by Crippen LogP contribution is 2.16. The summed E-state index contributed by atoms with van der Waals surface area (Å²) in [7, 11) is 1.89.